The SMILES string of the molecule is CCCNCc1cc(COC2CCCCC2C)c(C)o1. The highest BCUT2D eigenvalue weighted by molar-refractivity contribution is 5.20. The van der Waals surface area contributed by atoms with Crippen LogP contribution in [0.15, 0.2) is 10.5 Å². The summed E-state index contributed by atoms with van der Waals surface area (Å²) in [5.41, 5.74) is 1.20. The van der Waals surface area contributed by atoms with E-state index in [2.05, 4.69) is 25.2 Å². The van der Waals surface area contributed by atoms with Crippen LogP contribution in [0, 0.1) is 12.8 Å². The summed E-state index contributed by atoms with van der Waals surface area (Å²) in [6.45, 7) is 9.06. The number of furan rings is 1. The lowest BCUT2D eigenvalue weighted by atomic mass is 9.88. The molecule has 3 nitrogen and oxygen atoms in total. The van der Waals surface area contributed by atoms with Gasteiger partial charge in [0.05, 0.1) is 19.3 Å². The molecule has 1 aromatic heterocycles. The Morgan fingerprint density at radius 1 is 1.35 bits per heavy atom. The van der Waals surface area contributed by atoms with Crippen LogP contribution in [-0.2, 0) is 17.9 Å². The molecule has 0 amide bonds. The number of rotatable bonds is 7. The van der Waals surface area contributed by atoms with Gasteiger partial charge in [-0.25, -0.2) is 0 Å². The van der Waals surface area contributed by atoms with Crippen molar-refractivity contribution < 1.29 is 9.15 Å². The van der Waals surface area contributed by atoms with E-state index in [0.29, 0.717) is 18.6 Å². The van der Waals surface area contributed by atoms with E-state index in [1.165, 1.54) is 31.2 Å². The van der Waals surface area contributed by atoms with Crippen LogP contribution < -0.4 is 5.32 Å². The third-order valence-corrected chi connectivity index (χ3v) is 4.28. The summed E-state index contributed by atoms with van der Waals surface area (Å²) in [7, 11) is 0. The average Bonchev–Trinajstić information content (AvgIpc) is 2.79. The summed E-state index contributed by atoms with van der Waals surface area (Å²) in [6.07, 6.45) is 6.77. The van der Waals surface area contributed by atoms with Crippen LogP contribution in [0.4, 0.5) is 0 Å². The van der Waals surface area contributed by atoms with Gasteiger partial charge in [0.1, 0.15) is 11.5 Å². The summed E-state index contributed by atoms with van der Waals surface area (Å²) in [6, 6.07) is 2.14. The van der Waals surface area contributed by atoms with Crippen molar-refractivity contribution in [3.63, 3.8) is 0 Å². The normalized spacial score (nSPS) is 23.1. The maximum absolute atomic E-state index is 6.12. The third-order valence-electron chi connectivity index (χ3n) is 4.28. The predicted molar refractivity (Wildman–Crippen MR) is 81.7 cm³/mol. The average molecular weight is 279 g/mol. The smallest absolute Gasteiger partial charge is 0.118 e. The molecule has 0 saturated heterocycles. The van der Waals surface area contributed by atoms with Crippen molar-refractivity contribution in [3.05, 3.63) is 23.2 Å². The van der Waals surface area contributed by atoms with Crippen molar-refractivity contribution in [3.8, 4) is 0 Å². The molecule has 0 spiro atoms. The molecule has 0 bridgehead atoms. The predicted octanol–water partition coefficient (Wildman–Crippen LogP) is 4.18. The molecule has 1 aliphatic carbocycles. The maximum Gasteiger partial charge on any atom is 0.118 e. The molecule has 114 valence electrons. The molecule has 0 aliphatic heterocycles. The van der Waals surface area contributed by atoms with Crippen molar-refractivity contribution in [1.82, 2.24) is 5.32 Å². The molecule has 2 unspecified atom stereocenters. The molecule has 1 heterocycles. The van der Waals surface area contributed by atoms with Gasteiger partial charge in [-0.05, 0) is 44.7 Å². The lowest BCUT2D eigenvalue weighted by molar-refractivity contribution is -0.0158. The number of aryl methyl sites for hydroxylation is 1. The quantitative estimate of drug-likeness (QED) is 0.760. The van der Waals surface area contributed by atoms with Crippen LogP contribution in [0.3, 0.4) is 0 Å². The second-order valence-electron chi connectivity index (χ2n) is 6.08. The van der Waals surface area contributed by atoms with E-state index in [1.807, 2.05) is 6.92 Å². The van der Waals surface area contributed by atoms with Gasteiger partial charge in [0.15, 0.2) is 0 Å². The number of hydrogen-bond donors (Lipinski definition) is 1. The van der Waals surface area contributed by atoms with E-state index in [4.69, 9.17) is 9.15 Å². The first-order chi connectivity index (χ1) is 9.70. The second kappa shape index (κ2) is 7.84. The zero-order valence-corrected chi connectivity index (χ0v) is 13.2. The van der Waals surface area contributed by atoms with Crippen molar-refractivity contribution in [2.75, 3.05) is 6.54 Å². The van der Waals surface area contributed by atoms with E-state index in [0.717, 1.165) is 31.0 Å². The molecule has 2 rings (SSSR count). The first kappa shape index (κ1) is 15.6. The third kappa shape index (κ3) is 4.35. The van der Waals surface area contributed by atoms with E-state index in [-0.39, 0.29) is 0 Å². The molecule has 20 heavy (non-hydrogen) atoms. The van der Waals surface area contributed by atoms with Crippen LogP contribution in [0.25, 0.3) is 0 Å². The Hall–Kier alpha value is -0.800. The minimum atomic E-state index is 0.430. The topological polar surface area (TPSA) is 34.4 Å². The molecule has 0 radical (unpaired) electrons. The molecule has 1 fully saturated rings. The van der Waals surface area contributed by atoms with Gasteiger partial charge in [-0.3, -0.25) is 0 Å². The second-order valence-corrected chi connectivity index (χ2v) is 6.08. The fourth-order valence-electron chi connectivity index (χ4n) is 2.93. The maximum atomic E-state index is 6.12. The minimum absolute atomic E-state index is 0.430. The van der Waals surface area contributed by atoms with E-state index in [1.54, 1.807) is 0 Å². The first-order valence-electron chi connectivity index (χ1n) is 8.11. The monoisotopic (exact) mass is 279 g/mol. The largest absolute Gasteiger partial charge is 0.465 e. The molecule has 3 heteroatoms. The van der Waals surface area contributed by atoms with Gasteiger partial charge >= 0.3 is 0 Å². The van der Waals surface area contributed by atoms with Crippen LogP contribution in [0.2, 0.25) is 0 Å². The molecular weight excluding hydrogens is 250 g/mol. The summed E-state index contributed by atoms with van der Waals surface area (Å²) in [5.74, 6) is 2.72. The van der Waals surface area contributed by atoms with Crippen LogP contribution in [0.5, 0.6) is 0 Å². The van der Waals surface area contributed by atoms with Crippen molar-refractivity contribution in [2.45, 2.75) is 72.1 Å². The Balaban J connectivity index is 1.82. The van der Waals surface area contributed by atoms with E-state index < -0.39 is 0 Å². The zero-order valence-electron chi connectivity index (χ0n) is 13.2. The Kier molecular flexibility index (Phi) is 6.11. The van der Waals surface area contributed by atoms with Crippen LogP contribution >= 0.6 is 0 Å². The van der Waals surface area contributed by atoms with E-state index >= 15 is 0 Å². The van der Waals surface area contributed by atoms with Gasteiger partial charge < -0.3 is 14.5 Å². The molecule has 1 N–H and O–H groups in total. The minimum Gasteiger partial charge on any atom is -0.465 e. The molecular formula is C17H29NO2. The van der Waals surface area contributed by atoms with Gasteiger partial charge in [-0.2, -0.15) is 0 Å². The standard InChI is InChI=1S/C17H29NO2/c1-4-9-18-11-16-10-15(14(3)20-16)12-19-17-8-6-5-7-13(17)2/h10,13,17-18H,4-9,11-12H2,1-3H3. The fourth-order valence-corrected chi connectivity index (χ4v) is 2.93. The Labute approximate surface area is 123 Å². The zero-order chi connectivity index (χ0) is 14.4. The van der Waals surface area contributed by atoms with Gasteiger partial charge in [0, 0.05) is 5.56 Å². The fraction of sp³-hybridized carbons (Fsp3) is 0.765. The molecule has 1 saturated carbocycles. The lowest BCUT2D eigenvalue weighted by Gasteiger charge is -2.28. The summed E-state index contributed by atoms with van der Waals surface area (Å²) >= 11 is 0. The van der Waals surface area contributed by atoms with Gasteiger partial charge in [-0.1, -0.05) is 26.7 Å². The van der Waals surface area contributed by atoms with Crippen LogP contribution in [-0.4, -0.2) is 12.6 Å². The Morgan fingerprint density at radius 3 is 2.90 bits per heavy atom. The molecule has 1 aliphatic rings. The number of nitrogens with one attached hydrogen (secondary N) is 1. The van der Waals surface area contributed by atoms with Crippen molar-refractivity contribution in [2.24, 2.45) is 5.92 Å². The van der Waals surface area contributed by atoms with Crippen molar-refractivity contribution in [1.29, 1.82) is 0 Å². The molecule has 2 atom stereocenters. The summed E-state index contributed by atoms with van der Waals surface area (Å²) < 4.78 is 11.9. The molecule has 0 aromatic carbocycles. The van der Waals surface area contributed by atoms with Gasteiger partial charge in [0.2, 0.25) is 0 Å². The Bertz CT molecular complexity index is 400. The summed E-state index contributed by atoms with van der Waals surface area (Å²) in [5, 5.41) is 3.37. The number of ether oxygens (including phenoxy) is 1. The van der Waals surface area contributed by atoms with Gasteiger partial charge in [0.25, 0.3) is 0 Å². The Morgan fingerprint density at radius 2 is 2.15 bits per heavy atom. The highest BCUT2D eigenvalue weighted by atomic mass is 16.5. The highest BCUT2D eigenvalue weighted by Gasteiger charge is 2.22. The highest BCUT2D eigenvalue weighted by Crippen LogP contribution is 2.27. The first-order valence-corrected chi connectivity index (χ1v) is 8.11. The van der Waals surface area contributed by atoms with Crippen LogP contribution in [0.1, 0.15) is 63.0 Å². The van der Waals surface area contributed by atoms with Crippen molar-refractivity contribution >= 4 is 0 Å². The van der Waals surface area contributed by atoms with Gasteiger partial charge in [-0.15, -0.1) is 0 Å². The number of hydrogen-bond acceptors (Lipinski definition) is 3. The van der Waals surface area contributed by atoms with E-state index in [9.17, 15) is 0 Å². The summed E-state index contributed by atoms with van der Waals surface area (Å²) in [4.78, 5) is 0. The molecule has 1 aromatic rings. The lowest BCUT2D eigenvalue weighted by Crippen LogP contribution is -2.25.